The van der Waals surface area contributed by atoms with Crippen LogP contribution in [0.25, 0.3) is 0 Å². The van der Waals surface area contributed by atoms with Gasteiger partial charge in [-0.25, -0.2) is 8.42 Å². The van der Waals surface area contributed by atoms with Gasteiger partial charge in [-0.15, -0.1) is 0 Å². The van der Waals surface area contributed by atoms with Gasteiger partial charge in [0.2, 0.25) is 11.8 Å². The van der Waals surface area contributed by atoms with Crippen LogP contribution in [0.2, 0.25) is 10.0 Å². The summed E-state index contributed by atoms with van der Waals surface area (Å²) in [6, 6.07) is 18.3. The van der Waals surface area contributed by atoms with Crippen molar-refractivity contribution in [2.45, 2.75) is 57.1 Å². The van der Waals surface area contributed by atoms with Crippen LogP contribution >= 0.6 is 23.2 Å². The van der Waals surface area contributed by atoms with E-state index in [1.165, 1.54) is 30.2 Å². The standard InChI is InChI=1S/C30H35Cl2N3O5S/c1-6-27(29(37)33-30(2,3)4)34(19-24-25(31)16-11-17-26(24)32)28(36)20-35(21-12-10-13-22(18-21)40-5)41(38,39)23-14-8-7-9-15-23/h7-18,27H,6,19-20H2,1-5H3,(H,33,37)/t27-/m1/s1. The van der Waals surface area contributed by atoms with Gasteiger partial charge in [0.1, 0.15) is 18.3 Å². The minimum absolute atomic E-state index is 0.00818. The van der Waals surface area contributed by atoms with Crippen LogP contribution in [0.4, 0.5) is 5.69 Å². The minimum Gasteiger partial charge on any atom is -0.497 e. The maximum absolute atomic E-state index is 14.2. The molecule has 0 unspecified atom stereocenters. The number of benzene rings is 3. The van der Waals surface area contributed by atoms with Crippen LogP contribution in [0.15, 0.2) is 77.7 Å². The van der Waals surface area contributed by atoms with Gasteiger partial charge in [-0.2, -0.15) is 0 Å². The molecule has 11 heteroatoms. The molecular weight excluding hydrogens is 585 g/mol. The van der Waals surface area contributed by atoms with Crippen molar-refractivity contribution in [2.75, 3.05) is 18.0 Å². The summed E-state index contributed by atoms with van der Waals surface area (Å²) in [5.41, 5.74) is 0.111. The number of nitrogens with one attached hydrogen (secondary N) is 1. The lowest BCUT2D eigenvalue weighted by atomic mass is 10.1. The Labute approximate surface area is 252 Å². The Morgan fingerprint density at radius 1 is 0.951 bits per heavy atom. The van der Waals surface area contributed by atoms with Crippen LogP contribution in [-0.2, 0) is 26.2 Å². The normalized spacial score (nSPS) is 12.4. The summed E-state index contributed by atoms with van der Waals surface area (Å²) < 4.78 is 34.2. The third-order valence-electron chi connectivity index (χ3n) is 6.23. The van der Waals surface area contributed by atoms with E-state index in [0.29, 0.717) is 21.4 Å². The Hall–Kier alpha value is -3.27. The van der Waals surface area contributed by atoms with Gasteiger partial charge >= 0.3 is 0 Å². The molecule has 0 heterocycles. The molecule has 0 aliphatic carbocycles. The lowest BCUT2D eigenvalue weighted by molar-refractivity contribution is -0.141. The summed E-state index contributed by atoms with van der Waals surface area (Å²) in [5, 5.41) is 3.57. The lowest BCUT2D eigenvalue weighted by Gasteiger charge is -2.35. The van der Waals surface area contributed by atoms with Crippen LogP contribution in [-0.4, -0.2) is 50.4 Å². The zero-order chi connectivity index (χ0) is 30.4. The molecule has 2 amide bonds. The highest BCUT2D eigenvalue weighted by Crippen LogP contribution is 2.30. The third kappa shape index (κ3) is 8.15. The van der Waals surface area contributed by atoms with E-state index in [1.807, 2.05) is 20.8 Å². The molecule has 8 nitrogen and oxygen atoms in total. The Morgan fingerprint density at radius 3 is 2.12 bits per heavy atom. The Kier molecular flexibility index (Phi) is 10.7. The summed E-state index contributed by atoms with van der Waals surface area (Å²) >= 11 is 12.9. The van der Waals surface area contributed by atoms with Crippen molar-refractivity contribution in [1.82, 2.24) is 10.2 Å². The number of ether oxygens (including phenoxy) is 1. The number of anilines is 1. The number of nitrogens with zero attached hydrogens (tertiary/aromatic N) is 2. The average Bonchev–Trinajstić information content (AvgIpc) is 2.92. The molecule has 0 aliphatic heterocycles. The van der Waals surface area contributed by atoms with Crippen LogP contribution in [0.5, 0.6) is 5.75 Å². The second kappa shape index (κ2) is 13.6. The van der Waals surface area contributed by atoms with Crippen molar-refractivity contribution in [3.8, 4) is 5.75 Å². The Balaban J connectivity index is 2.12. The van der Waals surface area contributed by atoms with Gasteiger partial charge in [0, 0.05) is 33.8 Å². The van der Waals surface area contributed by atoms with Crippen molar-refractivity contribution < 1.29 is 22.7 Å². The largest absolute Gasteiger partial charge is 0.497 e. The number of carbonyl (C=O) groups is 2. The molecule has 1 atom stereocenters. The highest BCUT2D eigenvalue weighted by Gasteiger charge is 2.35. The van der Waals surface area contributed by atoms with Gasteiger partial charge < -0.3 is 15.0 Å². The second-order valence-electron chi connectivity index (χ2n) is 10.4. The molecule has 0 aromatic heterocycles. The van der Waals surface area contributed by atoms with Crippen molar-refractivity contribution in [2.24, 2.45) is 0 Å². The maximum atomic E-state index is 14.2. The Bertz CT molecular complexity index is 1460. The molecule has 0 saturated carbocycles. The zero-order valence-corrected chi connectivity index (χ0v) is 26.1. The summed E-state index contributed by atoms with van der Waals surface area (Å²) in [4.78, 5) is 29.0. The van der Waals surface area contributed by atoms with E-state index in [0.717, 1.165) is 4.31 Å². The van der Waals surface area contributed by atoms with E-state index in [4.69, 9.17) is 27.9 Å². The SMILES string of the molecule is CC[C@H](C(=O)NC(C)(C)C)N(Cc1c(Cl)cccc1Cl)C(=O)CN(c1cccc(OC)c1)S(=O)(=O)c1ccccc1. The fraction of sp³-hybridized carbons (Fsp3) is 0.333. The Morgan fingerprint density at radius 2 is 1.56 bits per heavy atom. The number of halogens is 2. The number of hydrogen-bond acceptors (Lipinski definition) is 5. The van der Waals surface area contributed by atoms with Crippen LogP contribution in [0.3, 0.4) is 0 Å². The fourth-order valence-electron chi connectivity index (χ4n) is 4.24. The van der Waals surface area contributed by atoms with Crippen LogP contribution < -0.4 is 14.4 Å². The van der Waals surface area contributed by atoms with Gasteiger partial charge in [0.25, 0.3) is 10.0 Å². The van der Waals surface area contributed by atoms with Crippen molar-refractivity contribution in [1.29, 1.82) is 0 Å². The molecule has 0 spiro atoms. The summed E-state index contributed by atoms with van der Waals surface area (Å²) in [7, 11) is -2.73. The highest BCUT2D eigenvalue weighted by atomic mass is 35.5. The fourth-order valence-corrected chi connectivity index (χ4v) is 6.18. The first-order chi connectivity index (χ1) is 19.3. The lowest BCUT2D eigenvalue weighted by Crippen LogP contribution is -2.55. The molecule has 0 radical (unpaired) electrons. The molecule has 0 aliphatic rings. The molecule has 3 rings (SSSR count). The number of sulfonamides is 1. The number of carbonyl (C=O) groups excluding carboxylic acids is 2. The molecule has 0 bridgehead atoms. The zero-order valence-electron chi connectivity index (χ0n) is 23.7. The van der Waals surface area contributed by atoms with Crippen molar-refractivity contribution in [3.05, 3.63) is 88.4 Å². The first-order valence-electron chi connectivity index (χ1n) is 13.0. The molecule has 41 heavy (non-hydrogen) atoms. The minimum atomic E-state index is -4.20. The van der Waals surface area contributed by atoms with Crippen molar-refractivity contribution in [3.63, 3.8) is 0 Å². The quantitative estimate of drug-likeness (QED) is 0.287. The van der Waals surface area contributed by atoms with Crippen LogP contribution in [0, 0.1) is 0 Å². The first kappa shape index (κ1) is 32.2. The monoisotopic (exact) mass is 619 g/mol. The molecular formula is C30H35Cl2N3O5S. The molecule has 3 aromatic carbocycles. The smallest absolute Gasteiger partial charge is 0.264 e. The number of amides is 2. The van der Waals surface area contributed by atoms with Gasteiger partial charge in [0.15, 0.2) is 0 Å². The van der Waals surface area contributed by atoms with Crippen molar-refractivity contribution >= 4 is 50.7 Å². The molecule has 0 fully saturated rings. The van der Waals surface area contributed by atoms with E-state index in [2.05, 4.69) is 5.32 Å². The number of methoxy groups -OCH3 is 1. The highest BCUT2D eigenvalue weighted by molar-refractivity contribution is 7.92. The van der Waals surface area contributed by atoms with E-state index in [-0.39, 0.29) is 29.5 Å². The third-order valence-corrected chi connectivity index (χ3v) is 8.72. The van der Waals surface area contributed by atoms with E-state index >= 15 is 0 Å². The van der Waals surface area contributed by atoms with Gasteiger partial charge in [-0.3, -0.25) is 13.9 Å². The molecule has 3 aromatic rings. The summed E-state index contributed by atoms with van der Waals surface area (Å²) in [6.45, 7) is 6.60. The number of rotatable bonds is 11. The van der Waals surface area contributed by atoms with Gasteiger partial charge in [0.05, 0.1) is 17.7 Å². The summed E-state index contributed by atoms with van der Waals surface area (Å²) in [6.07, 6.45) is 0.264. The molecule has 220 valence electrons. The molecule has 0 saturated heterocycles. The first-order valence-corrected chi connectivity index (χ1v) is 15.2. The van der Waals surface area contributed by atoms with E-state index in [1.54, 1.807) is 61.5 Å². The van der Waals surface area contributed by atoms with E-state index in [9.17, 15) is 18.0 Å². The van der Waals surface area contributed by atoms with Gasteiger partial charge in [-0.05, 0) is 63.6 Å². The van der Waals surface area contributed by atoms with E-state index < -0.39 is 34.1 Å². The predicted octanol–water partition coefficient (Wildman–Crippen LogP) is 5.92. The van der Waals surface area contributed by atoms with Crippen LogP contribution in [0.1, 0.15) is 39.7 Å². The topological polar surface area (TPSA) is 96.0 Å². The maximum Gasteiger partial charge on any atom is 0.264 e. The summed E-state index contributed by atoms with van der Waals surface area (Å²) in [5.74, 6) is -0.575. The predicted molar refractivity (Wildman–Crippen MR) is 163 cm³/mol. The second-order valence-corrected chi connectivity index (χ2v) is 13.1. The number of hydrogen-bond donors (Lipinski definition) is 1. The average molecular weight is 621 g/mol. The molecule has 1 N–H and O–H groups in total. The van der Waals surface area contributed by atoms with Gasteiger partial charge in [-0.1, -0.05) is 60.5 Å².